The van der Waals surface area contributed by atoms with Crippen LogP contribution in [0.5, 0.6) is 11.5 Å². The molecule has 1 saturated heterocycles. The normalized spacial score (nSPS) is 19.3. The molecule has 19 heavy (non-hydrogen) atoms. The Bertz CT molecular complexity index is 459. The lowest BCUT2D eigenvalue weighted by Crippen LogP contribution is -2.39. The van der Waals surface area contributed by atoms with E-state index in [1.807, 2.05) is 4.90 Å². The first-order chi connectivity index (χ1) is 9.17. The predicted octanol–water partition coefficient (Wildman–Crippen LogP) is 2.66. The lowest BCUT2D eigenvalue weighted by molar-refractivity contribution is 0.0667. The van der Waals surface area contributed by atoms with Gasteiger partial charge in [0.2, 0.25) is 0 Å². The van der Waals surface area contributed by atoms with E-state index in [0.717, 1.165) is 25.9 Å². The molecule has 104 valence electrons. The van der Waals surface area contributed by atoms with Crippen LogP contribution in [0.25, 0.3) is 0 Å². The summed E-state index contributed by atoms with van der Waals surface area (Å²) >= 11 is 0. The number of nitrogens with zero attached hydrogens (tertiary/aromatic N) is 1. The Morgan fingerprint density at radius 2 is 2.32 bits per heavy atom. The Morgan fingerprint density at radius 1 is 1.53 bits per heavy atom. The molecule has 1 atom stereocenters. The summed E-state index contributed by atoms with van der Waals surface area (Å²) in [5, 5.41) is 10.0. The molecule has 1 heterocycles. The summed E-state index contributed by atoms with van der Waals surface area (Å²) in [6.07, 6.45) is 3.31. The number of phenolic OH excluding ortho intramolecular Hbond substituents is 1. The number of methoxy groups -OCH3 is 1. The number of ether oxygens (including phenoxy) is 1. The lowest BCUT2D eigenvalue weighted by atomic mass is 9.95. The molecule has 0 radical (unpaired) electrons. The maximum Gasteiger partial charge on any atom is 0.257 e. The van der Waals surface area contributed by atoms with Crippen molar-refractivity contribution < 1.29 is 14.6 Å². The molecule has 2 rings (SSSR count). The monoisotopic (exact) mass is 263 g/mol. The van der Waals surface area contributed by atoms with Gasteiger partial charge in [-0.05, 0) is 30.9 Å². The third kappa shape index (κ3) is 2.83. The molecule has 1 aliphatic heterocycles. The van der Waals surface area contributed by atoms with Crippen LogP contribution in [0.2, 0.25) is 0 Å². The molecule has 4 nitrogen and oxygen atoms in total. The van der Waals surface area contributed by atoms with Gasteiger partial charge < -0.3 is 14.7 Å². The van der Waals surface area contributed by atoms with Gasteiger partial charge in [-0.2, -0.15) is 0 Å². The summed E-state index contributed by atoms with van der Waals surface area (Å²) in [6, 6.07) is 5.03. The zero-order chi connectivity index (χ0) is 13.8. The topological polar surface area (TPSA) is 49.8 Å². The minimum Gasteiger partial charge on any atom is -0.504 e. The van der Waals surface area contributed by atoms with Gasteiger partial charge in [-0.15, -0.1) is 0 Å². The second-order valence-corrected chi connectivity index (χ2v) is 5.02. The van der Waals surface area contributed by atoms with Crippen molar-refractivity contribution in [2.45, 2.75) is 26.2 Å². The molecule has 0 aromatic heterocycles. The third-order valence-electron chi connectivity index (χ3n) is 3.83. The highest BCUT2D eigenvalue weighted by molar-refractivity contribution is 5.97. The maximum atomic E-state index is 12.5. The number of para-hydroxylation sites is 1. The molecule has 0 saturated carbocycles. The molecule has 0 aliphatic carbocycles. The van der Waals surface area contributed by atoms with Crippen LogP contribution in [-0.2, 0) is 0 Å². The second kappa shape index (κ2) is 5.95. The largest absolute Gasteiger partial charge is 0.504 e. The highest BCUT2D eigenvalue weighted by Crippen LogP contribution is 2.31. The fourth-order valence-electron chi connectivity index (χ4n) is 2.61. The molecule has 1 fully saturated rings. The molecule has 0 bridgehead atoms. The summed E-state index contributed by atoms with van der Waals surface area (Å²) in [7, 11) is 1.48. The highest BCUT2D eigenvalue weighted by Gasteiger charge is 2.25. The molecule has 0 spiro atoms. The Labute approximate surface area is 114 Å². The van der Waals surface area contributed by atoms with Crippen LogP contribution >= 0.6 is 0 Å². The SMILES string of the molecule is CCC1CCCN(C(=O)c2cccc(OC)c2O)C1. The molecular formula is C15H21NO3. The van der Waals surface area contributed by atoms with Crippen LogP contribution in [0.3, 0.4) is 0 Å². The first-order valence-corrected chi connectivity index (χ1v) is 6.82. The van der Waals surface area contributed by atoms with E-state index in [9.17, 15) is 9.90 Å². The van der Waals surface area contributed by atoms with Gasteiger partial charge in [-0.25, -0.2) is 0 Å². The van der Waals surface area contributed by atoms with Crippen molar-refractivity contribution in [1.29, 1.82) is 0 Å². The Kier molecular flexibility index (Phi) is 4.30. The van der Waals surface area contributed by atoms with Crippen LogP contribution in [0, 0.1) is 5.92 Å². The predicted molar refractivity (Wildman–Crippen MR) is 73.6 cm³/mol. The number of likely N-dealkylation sites (tertiary alicyclic amines) is 1. The van der Waals surface area contributed by atoms with E-state index in [4.69, 9.17) is 4.74 Å². The number of piperidine rings is 1. The number of rotatable bonds is 3. The van der Waals surface area contributed by atoms with Crippen LogP contribution in [0.4, 0.5) is 0 Å². The van der Waals surface area contributed by atoms with E-state index in [1.54, 1.807) is 18.2 Å². The summed E-state index contributed by atoms with van der Waals surface area (Å²) in [5.41, 5.74) is 0.330. The summed E-state index contributed by atoms with van der Waals surface area (Å²) in [5.74, 6) is 0.753. The molecule has 1 amide bonds. The number of aromatic hydroxyl groups is 1. The van der Waals surface area contributed by atoms with Crippen molar-refractivity contribution >= 4 is 5.91 Å². The second-order valence-electron chi connectivity index (χ2n) is 5.02. The molecule has 1 aromatic rings. The average molecular weight is 263 g/mol. The number of hydrogen-bond donors (Lipinski definition) is 1. The standard InChI is InChI=1S/C15H21NO3/c1-3-11-6-5-9-16(10-11)15(18)12-7-4-8-13(19-2)14(12)17/h4,7-8,11,17H,3,5-6,9-10H2,1-2H3. The van der Waals surface area contributed by atoms with Gasteiger partial charge in [0.25, 0.3) is 5.91 Å². The number of benzene rings is 1. The molecule has 4 heteroatoms. The van der Waals surface area contributed by atoms with Gasteiger partial charge in [0.05, 0.1) is 12.7 Å². The van der Waals surface area contributed by atoms with Crippen LogP contribution in [-0.4, -0.2) is 36.1 Å². The minimum absolute atomic E-state index is 0.0615. The van der Waals surface area contributed by atoms with Gasteiger partial charge >= 0.3 is 0 Å². The van der Waals surface area contributed by atoms with Crippen molar-refractivity contribution in [3.05, 3.63) is 23.8 Å². The smallest absolute Gasteiger partial charge is 0.257 e. The molecule has 1 aliphatic rings. The molecule has 1 unspecified atom stereocenters. The van der Waals surface area contributed by atoms with E-state index in [2.05, 4.69) is 6.92 Å². The Hall–Kier alpha value is -1.71. The Morgan fingerprint density at radius 3 is 3.00 bits per heavy atom. The lowest BCUT2D eigenvalue weighted by Gasteiger charge is -2.32. The summed E-state index contributed by atoms with van der Waals surface area (Å²) < 4.78 is 5.04. The molecule has 1 N–H and O–H groups in total. The van der Waals surface area contributed by atoms with Gasteiger partial charge in [0.1, 0.15) is 0 Å². The summed E-state index contributed by atoms with van der Waals surface area (Å²) in [4.78, 5) is 14.3. The van der Waals surface area contributed by atoms with E-state index >= 15 is 0 Å². The quantitative estimate of drug-likeness (QED) is 0.912. The number of hydrogen-bond acceptors (Lipinski definition) is 3. The number of phenols is 1. The number of carbonyl (C=O) groups is 1. The average Bonchev–Trinajstić information content (AvgIpc) is 2.47. The zero-order valence-corrected chi connectivity index (χ0v) is 11.6. The van der Waals surface area contributed by atoms with E-state index in [-0.39, 0.29) is 11.7 Å². The van der Waals surface area contributed by atoms with Crippen LogP contribution in [0.15, 0.2) is 18.2 Å². The first-order valence-electron chi connectivity index (χ1n) is 6.82. The molecule has 1 aromatic carbocycles. The van der Waals surface area contributed by atoms with Crippen molar-refractivity contribution in [3.63, 3.8) is 0 Å². The highest BCUT2D eigenvalue weighted by atomic mass is 16.5. The van der Waals surface area contributed by atoms with Gasteiger partial charge in [0, 0.05) is 13.1 Å². The van der Waals surface area contributed by atoms with E-state index < -0.39 is 0 Å². The number of amides is 1. The van der Waals surface area contributed by atoms with E-state index in [0.29, 0.717) is 17.2 Å². The van der Waals surface area contributed by atoms with Crippen molar-refractivity contribution in [3.8, 4) is 11.5 Å². The van der Waals surface area contributed by atoms with Crippen molar-refractivity contribution in [2.24, 2.45) is 5.92 Å². The minimum atomic E-state index is -0.102. The zero-order valence-electron chi connectivity index (χ0n) is 11.6. The van der Waals surface area contributed by atoms with E-state index in [1.165, 1.54) is 13.5 Å². The van der Waals surface area contributed by atoms with Crippen LogP contribution < -0.4 is 4.74 Å². The van der Waals surface area contributed by atoms with Gasteiger partial charge in [-0.1, -0.05) is 19.4 Å². The van der Waals surface area contributed by atoms with Crippen molar-refractivity contribution in [2.75, 3.05) is 20.2 Å². The fraction of sp³-hybridized carbons (Fsp3) is 0.533. The molecular weight excluding hydrogens is 242 g/mol. The third-order valence-corrected chi connectivity index (χ3v) is 3.83. The first kappa shape index (κ1) is 13.7. The summed E-state index contributed by atoms with van der Waals surface area (Å²) in [6.45, 7) is 3.71. The van der Waals surface area contributed by atoms with Crippen molar-refractivity contribution in [1.82, 2.24) is 4.90 Å². The Balaban J connectivity index is 2.19. The van der Waals surface area contributed by atoms with Gasteiger partial charge in [-0.3, -0.25) is 4.79 Å². The maximum absolute atomic E-state index is 12.5. The van der Waals surface area contributed by atoms with Crippen LogP contribution in [0.1, 0.15) is 36.5 Å². The van der Waals surface area contributed by atoms with Gasteiger partial charge in [0.15, 0.2) is 11.5 Å². The number of carbonyl (C=O) groups excluding carboxylic acids is 1. The fourth-order valence-corrected chi connectivity index (χ4v) is 2.61.